The van der Waals surface area contributed by atoms with E-state index in [1.165, 1.54) is 12.1 Å². The fourth-order valence-corrected chi connectivity index (χ4v) is 3.91. The van der Waals surface area contributed by atoms with Crippen LogP contribution in [0.2, 0.25) is 0 Å². The van der Waals surface area contributed by atoms with Gasteiger partial charge in [-0.1, -0.05) is 18.2 Å². The summed E-state index contributed by atoms with van der Waals surface area (Å²) in [5.74, 6) is -1.21. The summed E-state index contributed by atoms with van der Waals surface area (Å²) in [5, 5.41) is 11.8. The van der Waals surface area contributed by atoms with Crippen LogP contribution in [0, 0.1) is 6.92 Å². The van der Waals surface area contributed by atoms with Gasteiger partial charge in [-0.25, -0.2) is 9.97 Å². The van der Waals surface area contributed by atoms with Crippen LogP contribution in [0.5, 0.6) is 0 Å². The van der Waals surface area contributed by atoms with Gasteiger partial charge in [-0.15, -0.1) is 0 Å². The number of rotatable bonds is 9. The molecule has 2 N–H and O–H groups in total. The lowest BCUT2D eigenvalue weighted by atomic mass is 10.0. The normalized spacial score (nSPS) is 11.5. The number of carbonyl (C=O) groups excluding carboxylic acids is 1. The van der Waals surface area contributed by atoms with Crippen molar-refractivity contribution < 1.29 is 27.9 Å². The first kappa shape index (κ1) is 26.7. The highest BCUT2D eigenvalue weighted by Gasteiger charge is 2.30. The van der Waals surface area contributed by atoms with Crippen LogP contribution >= 0.6 is 0 Å². The molecule has 1 amide bonds. The summed E-state index contributed by atoms with van der Waals surface area (Å²) in [4.78, 5) is 37.2. The number of amides is 1. The molecule has 38 heavy (non-hydrogen) atoms. The first-order valence-electron chi connectivity index (χ1n) is 12.0. The number of aryl methyl sites for hydroxylation is 2. The number of fused-ring (bicyclic) bond motifs is 1. The smallest absolute Gasteiger partial charge is 0.416 e. The minimum absolute atomic E-state index is 0.00253. The van der Waals surface area contributed by atoms with Gasteiger partial charge in [0.2, 0.25) is 0 Å². The molecular formula is C28H25F3N4O3. The average molecular weight is 523 g/mol. The predicted octanol–water partition coefficient (Wildman–Crippen LogP) is 5.75. The van der Waals surface area contributed by atoms with E-state index in [9.17, 15) is 22.8 Å². The van der Waals surface area contributed by atoms with E-state index in [0.29, 0.717) is 59.4 Å². The molecule has 0 fully saturated rings. The first-order valence-corrected chi connectivity index (χ1v) is 12.0. The maximum Gasteiger partial charge on any atom is 0.416 e. The van der Waals surface area contributed by atoms with Gasteiger partial charge in [0.15, 0.2) is 0 Å². The number of pyridine rings is 1. The third-order valence-corrected chi connectivity index (χ3v) is 5.96. The highest BCUT2D eigenvalue weighted by atomic mass is 19.4. The van der Waals surface area contributed by atoms with Crippen LogP contribution in [0.15, 0.2) is 60.8 Å². The molecule has 4 rings (SSSR count). The van der Waals surface area contributed by atoms with Crippen LogP contribution in [-0.4, -0.2) is 31.9 Å². The quantitative estimate of drug-likeness (QED) is 0.271. The number of alkyl halides is 3. The lowest BCUT2D eigenvalue weighted by molar-refractivity contribution is -0.138. The second kappa shape index (κ2) is 11.4. The maximum absolute atomic E-state index is 13.0. The van der Waals surface area contributed by atoms with E-state index in [2.05, 4.69) is 20.3 Å². The molecule has 0 radical (unpaired) electrons. The van der Waals surface area contributed by atoms with E-state index in [1.54, 1.807) is 24.4 Å². The summed E-state index contributed by atoms with van der Waals surface area (Å²) >= 11 is 0. The topological polar surface area (TPSA) is 105 Å². The van der Waals surface area contributed by atoms with Crippen molar-refractivity contribution >= 4 is 22.9 Å². The number of carboxylic acid groups (broad SMARTS) is 1. The molecule has 0 spiro atoms. The minimum atomic E-state index is -4.46. The lowest BCUT2D eigenvalue weighted by Crippen LogP contribution is -2.22. The number of carboxylic acids is 1. The van der Waals surface area contributed by atoms with E-state index in [1.807, 2.05) is 19.1 Å². The third-order valence-electron chi connectivity index (χ3n) is 5.96. The molecule has 0 unspecified atom stereocenters. The Morgan fingerprint density at radius 2 is 1.71 bits per heavy atom. The Balaban J connectivity index is 1.62. The third kappa shape index (κ3) is 6.70. The Labute approximate surface area is 216 Å². The molecule has 7 nitrogen and oxygen atoms in total. The number of aliphatic carboxylic acids is 1. The number of aromatic nitrogens is 3. The number of unbranched alkanes of at least 4 members (excludes halogenated alkanes) is 1. The van der Waals surface area contributed by atoms with E-state index >= 15 is 0 Å². The largest absolute Gasteiger partial charge is 0.481 e. The number of benzene rings is 2. The van der Waals surface area contributed by atoms with E-state index in [0.717, 1.165) is 23.4 Å². The monoisotopic (exact) mass is 522 g/mol. The van der Waals surface area contributed by atoms with Gasteiger partial charge in [-0.2, -0.15) is 13.2 Å². The second-order valence-electron chi connectivity index (χ2n) is 8.89. The molecule has 2 aromatic heterocycles. The van der Waals surface area contributed by atoms with E-state index in [-0.39, 0.29) is 12.3 Å². The minimum Gasteiger partial charge on any atom is -0.481 e. The summed E-state index contributed by atoms with van der Waals surface area (Å²) < 4.78 is 39.1. The van der Waals surface area contributed by atoms with Crippen molar-refractivity contribution in [3.05, 3.63) is 88.9 Å². The van der Waals surface area contributed by atoms with Crippen LogP contribution in [0.3, 0.4) is 0 Å². The van der Waals surface area contributed by atoms with Crippen molar-refractivity contribution in [1.82, 2.24) is 20.3 Å². The molecule has 0 aliphatic heterocycles. The number of nitrogens with one attached hydrogen (secondary N) is 1. The Morgan fingerprint density at radius 1 is 0.947 bits per heavy atom. The van der Waals surface area contributed by atoms with Crippen LogP contribution in [-0.2, 0) is 23.9 Å². The summed E-state index contributed by atoms with van der Waals surface area (Å²) in [6.45, 7) is 2.18. The molecular weight excluding hydrogens is 497 g/mol. The molecule has 2 heterocycles. The molecule has 0 atom stereocenters. The highest BCUT2D eigenvalue weighted by Crippen LogP contribution is 2.32. The Kier molecular flexibility index (Phi) is 7.99. The number of nitrogens with zero attached hydrogens (tertiary/aromatic N) is 3. The van der Waals surface area contributed by atoms with Gasteiger partial charge in [-0.05, 0) is 68.1 Å². The first-order chi connectivity index (χ1) is 18.1. The van der Waals surface area contributed by atoms with Crippen molar-refractivity contribution in [2.45, 2.75) is 45.3 Å². The molecule has 196 valence electrons. The van der Waals surface area contributed by atoms with Gasteiger partial charge in [0.25, 0.3) is 5.91 Å². The lowest BCUT2D eigenvalue weighted by Gasteiger charge is -2.12. The number of carbonyl (C=O) groups is 2. The van der Waals surface area contributed by atoms with Crippen molar-refractivity contribution in [1.29, 1.82) is 0 Å². The average Bonchev–Trinajstić information content (AvgIpc) is 2.89. The zero-order valence-corrected chi connectivity index (χ0v) is 20.5. The molecule has 0 saturated heterocycles. The van der Waals surface area contributed by atoms with Crippen LogP contribution in [0.1, 0.15) is 52.1 Å². The van der Waals surface area contributed by atoms with Gasteiger partial charge in [0, 0.05) is 36.0 Å². The second-order valence-corrected chi connectivity index (χ2v) is 8.89. The number of hydrogen-bond donors (Lipinski definition) is 2. The standard InChI is InChI=1S/C28H25F3N4O3/c1-17-6-7-18(15-32-17)16-33-27(38)20-10-13-22-24(14-20)34-23(4-2-3-5-25(36)37)26(35-22)19-8-11-21(12-9-19)28(29,30)31/h6-15H,2-5,16H2,1H3,(H,33,38)(H,36,37). The van der Waals surface area contributed by atoms with Gasteiger partial charge < -0.3 is 10.4 Å². The fraction of sp³-hybridized carbons (Fsp3) is 0.250. The molecule has 4 aromatic rings. The van der Waals surface area contributed by atoms with Crippen LogP contribution < -0.4 is 5.32 Å². The number of hydrogen-bond acceptors (Lipinski definition) is 5. The van der Waals surface area contributed by atoms with Crippen molar-refractivity contribution in [2.24, 2.45) is 0 Å². The van der Waals surface area contributed by atoms with Gasteiger partial charge in [0.1, 0.15) is 0 Å². The Bertz CT molecular complexity index is 1450. The molecule has 2 aromatic carbocycles. The Hall–Kier alpha value is -4.34. The summed E-state index contributed by atoms with van der Waals surface area (Å²) in [6, 6.07) is 13.3. The zero-order chi connectivity index (χ0) is 27.3. The van der Waals surface area contributed by atoms with Crippen LogP contribution in [0.4, 0.5) is 13.2 Å². The Morgan fingerprint density at radius 3 is 2.37 bits per heavy atom. The molecule has 0 aliphatic carbocycles. The van der Waals surface area contributed by atoms with Crippen molar-refractivity contribution in [3.8, 4) is 11.3 Å². The van der Waals surface area contributed by atoms with E-state index in [4.69, 9.17) is 5.11 Å². The van der Waals surface area contributed by atoms with Gasteiger partial charge in [0.05, 0.1) is 28.0 Å². The highest BCUT2D eigenvalue weighted by molar-refractivity contribution is 5.97. The van der Waals surface area contributed by atoms with Gasteiger partial charge in [-0.3, -0.25) is 14.6 Å². The summed E-state index contributed by atoms with van der Waals surface area (Å²) in [5.41, 5.74) is 3.69. The SMILES string of the molecule is Cc1ccc(CNC(=O)c2ccc3nc(-c4ccc(C(F)(F)F)cc4)c(CCCCC(=O)O)nc3c2)cn1. The van der Waals surface area contributed by atoms with Crippen molar-refractivity contribution in [2.75, 3.05) is 0 Å². The summed E-state index contributed by atoms with van der Waals surface area (Å²) in [7, 11) is 0. The molecule has 10 heteroatoms. The predicted molar refractivity (Wildman–Crippen MR) is 135 cm³/mol. The molecule has 0 saturated carbocycles. The molecule has 0 bridgehead atoms. The summed E-state index contributed by atoms with van der Waals surface area (Å²) in [6.07, 6.45) is -1.47. The fourth-order valence-electron chi connectivity index (χ4n) is 3.91. The van der Waals surface area contributed by atoms with Crippen LogP contribution in [0.25, 0.3) is 22.3 Å². The molecule has 0 aliphatic rings. The maximum atomic E-state index is 13.0. The van der Waals surface area contributed by atoms with E-state index < -0.39 is 17.7 Å². The van der Waals surface area contributed by atoms with Gasteiger partial charge >= 0.3 is 12.1 Å². The zero-order valence-electron chi connectivity index (χ0n) is 20.5. The van der Waals surface area contributed by atoms with Crippen molar-refractivity contribution in [3.63, 3.8) is 0 Å². The number of halogens is 3.